The maximum Gasteiger partial charge on any atom is 0.366 e. The number of carbonyl (C=O) groups is 1. The van der Waals surface area contributed by atoms with Crippen molar-refractivity contribution in [1.29, 1.82) is 0 Å². The molecule has 0 heterocycles. The minimum absolute atomic E-state index is 0.0355. The molecule has 0 aliphatic carbocycles. The Hall–Kier alpha value is -1.22. The molecule has 202 valence electrons. The van der Waals surface area contributed by atoms with Crippen LogP contribution in [0, 0.1) is 0 Å². The lowest BCUT2D eigenvalue weighted by Crippen LogP contribution is -2.15. The molecule has 0 rings (SSSR count). The van der Waals surface area contributed by atoms with Crippen LogP contribution >= 0.6 is 0 Å². The summed E-state index contributed by atoms with van der Waals surface area (Å²) in [5, 5.41) is 0. The summed E-state index contributed by atoms with van der Waals surface area (Å²) >= 11 is 0. The van der Waals surface area contributed by atoms with E-state index in [9.17, 15) is 9.18 Å². The van der Waals surface area contributed by atoms with E-state index in [1.165, 1.54) is 0 Å². The summed E-state index contributed by atoms with van der Waals surface area (Å²) in [5.74, 6) is -2.20. The van der Waals surface area contributed by atoms with E-state index in [0.29, 0.717) is 106 Å². The van der Waals surface area contributed by atoms with Gasteiger partial charge in [0.25, 0.3) is 0 Å². The number of halogens is 1. The Morgan fingerprint density at radius 2 is 0.735 bits per heavy atom. The molecule has 0 spiro atoms. The minimum Gasteiger partial charge on any atom is -0.458 e. The molecular formula is C22H41FO11. The highest BCUT2D eigenvalue weighted by Crippen LogP contribution is 1.94. The lowest BCUT2D eigenvalue weighted by Gasteiger charge is -2.08. The van der Waals surface area contributed by atoms with Crippen molar-refractivity contribution in [3.63, 3.8) is 0 Å². The number of methoxy groups -OCH3 is 1. The van der Waals surface area contributed by atoms with Crippen molar-refractivity contribution >= 4 is 5.97 Å². The van der Waals surface area contributed by atoms with Gasteiger partial charge >= 0.3 is 5.97 Å². The van der Waals surface area contributed by atoms with Crippen LogP contribution in [0.5, 0.6) is 0 Å². The summed E-state index contributed by atoms with van der Waals surface area (Å²) in [4.78, 5) is 10.8. The lowest BCUT2D eigenvalue weighted by atomic mass is 10.6. The molecule has 0 saturated carbocycles. The molecule has 0 atom stereocenters. The van der Waals surface area contributed by atoms with Gasteiger partial charge in [0.2, 0.25) is 5.83 Å². The Morgan fingerprint density at radius 3 is 0.971 bits per heavy atom. The lowest BCUT2D eigenvalue weighted by molar-refractivity contribution is -0.142. The van der Waals surface area contributed by atoms with Crippen LogP contribution in [-0.2, 0) is 52.2 Å². The molecule has 0 aromatic heterocycles. The average Bonchev–Trinajstić information content (AvgIpc) is 2.83. The van der Waals surface area contributed by atoms with Gasteiger partial charge in [-0.15, -0.1) is 0 Å². The van der Waals surface area contributed by atoms with Gasteiger partial charge in [-0.05, 0) is 0 Å². The largest absolute Gasteiger partial charge is 0.458 e. The summed E-state index contributed by atoms with van der Waals surface area (Å²) in [6, 6.07) is 0. The van der Waals surface area contributed by atoms with E-state index < -0.39 is 11.8 Å². The van der Waals surface area contributed by atoms with E-state index in [0.717, 1.165) is 0 Å². The van der Waals surface area contributed by atoms with E-state index >= 15 is 0 Å². The summed E-state index contributed by atoms with van der Waals surface area (Å²) in [6.07, 6.45) is 0. The highest BCUT2D eigenvalue weighted by molar-refractivity contribution is 5.85. The third-order valence-electron chi connectivity index (χ3n) is 3.72. The van der Waals surface area contributed by atoms with Crippen LogP contribution in [0.15, 0.2) is 12.4 Å². The van der Waals surface area contributed by atoms with Gasteiger partial charge in [0, 0.05) is 7.11 Å². The second kappa shape index (κ2) is 28.0. The highest BCUT2D eigenvalue weighted by Gasteiger charge is 2.05. The molecule has 0 unspecified atom stereocenters. The molecular weight excluding hydrogens is 459 g/mol. The Bertz CT molecular complexity index is 455. The highest BCUT2D eigenvalue weighted by atomic mass is 19.1. The van der Waals surface area contributed by atoms with E-state index in [1.54, 1.807) is 7.11 Å². The minimum atomic E-state index is -1.13. The zero-order valence-electron chi connectivity index (χ0n) is 20.3. The molecule has 0 radical (unpaired) electrons. The van der Waals surface area contributed by atoms with Crippen molar-refractivity contribution in [3.05, 3.63) is 12.4 Å². The maximum absolute atomic E-state index is 12.3. The van der Waals surface area contributed by atoms with Crippen molar-refractivity contribution in [3.8, 4) is 0 Å². The predicted molar refractivity (Wildman–Crippen MR) is 120 cm³/mol. The first-order valence-electron chi connectivity index (χ1n) is 11.3. The van der Waals surface area contributed by atoms with Crippen LogP contribution in [0.4, 0.5) is 4.39 Å². The fourth-order valence-electron chi connectivity index (χ4n) is 2.06. The fourth-order valence-corrected chi connectivity index (χ4v) is 2.06. The fraction of sp³-hybridized carbons (Fsp3) is 0.864. The second-order valence-corrected chi connectivity index (χ2v) is 6.43. The SMILES string of the molecule is C=C(F)C(=O)OCCOCCOCCOCCOCCOCCOCCOCCOCCOC. The number of hydrogen-bond acceptors (Lipinski definition) is 11. The molecule has 0 amide bonds. The molecule has 34 heavy (non-hydrogen) atoms. The standard InChI is InChI=1S/C22H41FO11/c1-21(23)22(24)34-20-19-33-18-17-32-16-15-31-14-13-30-12-11-29-10-9-28-8-7-27-6-5-26-4-3-25-2/h1,3-20H2,2H3. The smallest absolute Gasteiger partial charge is 0.366 e. The maximum atomic E-state index is 12.3. The quantitative estimate of drug-likeness (QED) is 0.0864. The van der Waals surface area contributed by atoms with Crippen molar-refractivity contribution in [1.82, 2.24) is 0 Å². The molecule has 0 aliphatic rings. The van der Waals surface area contributed by atoms with Crippen molar-refractivity contribution in [2.75, 3.05) is 126 Å². The molecule has 0 bridgehead atoms. The van der Waals surface area contributed by atoms with Crippen LogP contribution < -0.4 is 0 Å². The predicted octanol–water partition coefficient (Wildman–Crippen LogP) is 0.792. The molecule has 0 aliphatic heterocycles. The summed E-state index contributed by atoms with van der Waals surface area (Å²) in [7, 11) is 1.64. The third-order valence-corrected chi connectivity index (χ3v) is 3.72. The van der Waals surface area contributed by atoms with E-state index in [2.05, 4.69) is 11.3 Å². The van der Waals surface area contributed by atoms with Crippen LogP contribution in [0.1, 0.15) is 0 Å². The van der Waals surface area contributed by atoms with Crippen molar-refractivity contribution in [2.45, 2.75) is 0 Å². The van der Waals surface area contributed by atoms with E-state index in [-0.39, 0.29) is 13.2 Å². The van der Waals surface area contributed by atoms with Crippen LogP contribution in [-0.4, -0.2) is 132 Å². The third kappa shape index (κ3) is 27.0. The summed E-state index contributed by atoms with van der Waals surface area (Å²) < 4.78 is 64.4. The van der Waals surface area contributed by atoms with Crippen LogP contribution in [0.3, 0.4) is 0 Å². The molecule has 0 saturated heterocycles. The Kier molecular flexibility index (Phi) is 27.0. The first-order valence-corrected chi connectivity index (χ1v) is 11.3. The van der Waals surface area contributed by atoms with E-state index in [4.69, 9.17) is 42.6 Å². The zero-order valence-corrected chi connectivity index (χ0v) is 20.3. The Labute approximate surface area is 201 Å². The van der Waals surface area contributed by atoms with Gasteiger partial charge in [-0.1, -0.05) is 6.58 Å². The van der Waals surface area contributed by atoms with E-state index in [1.807, 2.05) is 0 Å². The van der Waals surface area contributed by atoms with Crippen LogP contribution in [0.2, 0.25) is 0 Å². The molecule has 0 aromatic rings. The zero-order chi connectivity index (χ0) is 25.0. The Morgan fingerprint density at radius 1 is 0.500 bits per heavy atom. The van der Waals surface area contributed by atoms with Gasteiger partial charge in [-0.3, -0.25) is 0 Å². The van der Waals surface area contributed by atoms with Crippen LogP contribution in [0.25, 0.3) is 0 Å². The van der Waals surface area contributed by atoms with Gasteiger partial charge in [-0.2, -0.15) is 4.39 Å². The monoisotopic (exact) mass is 500 g/mol. The molecule has 0 aromatic carbocycles. The van der Waals surface area contributed by atoms with Gasteiger partial charge < -0.3 is 47.4 Å². The first kappa shape index (κ1) is 32.8. The molecule has 12 heteroatoms. The number of ether oxygens (including phenoxy) is 10. The van der Waals surface area contributed by atoms with Gasteiger partial charge in [-0.25, -0.2) is 4.79 Å². The molecule has 11 nitrogen and oxygen atoms in total. The molecule has 0 fully saturated rings. The Balaban J connectivity index is 3.05. The number of hydrogen-bond donors (Lipinski definition) is 0. The number of rotatable bonds is 28. The number of carbonyl (C=O) groups excluding carboxylic acids is 1. The second-order valence-electron chi connectivity index (χ2n) is 6.43. The topological polar surface area (TPSA) is 109 Å². The van der Waals surface area contributed by atoms with Crippen molar-refractivity contribution < 1.29 is 56.6 Å². The van der Waals surface area contributed by atoms with Crippen molar-refractivity contribution in [2.24, 2.45) is 0 Å². The number of esters is 1. The van der Waals surface area contributed by atoms with Gasteiger partial charge in [0.05, 0.1) is 112 Å². The summed E-state index contributed by atoms with van der Waals surface area (Å²) in [5.41, 5.74) is 0. The van der Waals surface area contributed by atoms with Gasteiger partial charge in [0.1, 0.15) is 6.61 Å². The van der Waals surface area contributed by atoms with Gasteiger partial charge in [0.15, 0.2) is 0 Å². The summed E-state index contributed by atoms with van der Waals surface area (Å²) in [6.45, 7) is 10.7. The first-order chi connectivity index (χ1) is 16.7. The normalized spacial score (nSPS) is 11.1. The molecule has 0 N–H and O–H groups in total. The average molecular weight is 501 g/mol.